The van der Waals surface area contributed by atoms with Gasteiger partial charge >= 0.3 is 0 Å². The molecule has 0 aliphatic rings. The molecule has 0 aliphatic heterocycles. The summed E-state index contributed by atoms with van der Waals surface area (Å²) in [6, 6.07) is 21.1. The Morgan fingerprint density at radius 1 is 0.950 bits per heavy atom. The Bertz CT molecular complexity index is 744. The Kier molecular flexibility index (Phi) is 3.72. The van der Waals surface area contributed by atoms with Crippen molar-refractivity contribution in [2.24, 2.45) is 0 Å². The lowest BCUT2D eigenvalue weighted by atomic mass is 9.97. The number of nitrogens with one attached hydrogen (secondary N) is 1. The molecule has 1 nitrogen and oxygen atoms in total. The van der Waals surface area contributed by atoms with Gasteiger partial charge in [0.15, 0.2) is 0 Å². The second kappa shape index (κ2) is 5.66. The Hall–Kier alpha value is -1.83. The molecule has 0 heterocycles. The third-order valence-corrected chi connectivity index (χ3v) is 3.88. The lowest BCUT2D eigenvalue weighted by Crippen LogP contribution is -2.05. The van der Waals surface area contributed by atoms with Crippen molar-refractivity contribution in [1.29, 1.82) is 0 Å². The van der Waals surface area contributed by atoms with Gasteiger partial charge in [-0.1, -0.05) is 60.1 Å². The highest BCUT2D eigenvalue weighted by atomic mass is 35.5. The number of rotatable bonds is 3. The summed E-state index contributed by atoms with van der Waals surface area (Å²) in [6.45, 7) is 0.775. The maximum Gasteiger partial charge on any atom is 0.0451 e. The Balaban J connectivity index is 2.18. The number of halogens is 1. The van der Waals surface area contributed by atoms with Crippen molar-refractivity contribution in [3.8, 4) is 11.1 Å². The van der Waals surface area contributed by atoms with Gasteiger partial charge in [0.1, 0.15) is 0 Å². The molecule has 20 heavy (non-hydrogen) atoms. The van der Waals surface area contributed by atoms with E-state index >= 15 is 0 Å². The monoisotopic (exact) mass is 281 g/mol. The summed E-state index contributed by atoms with van der Waals surface area (Å²) < 4.78 is 0. The first kappa shape index (κ1) is 13.2. The van der Waals surface area contributed by atoms with E-state index in [1.54, 1.807) is 0 Å². The number of hydrogen-bond acceptors (Lipinski definition) is 1. The first-order valence-corrected chi connectivity index (χ1v) is 7.08. The summed E-state index contributed by atoms with van der Waals surface area (Å²) in [5, 5.41) is 6.50. The molecular weight excluding hydrogens is 266 g/mol. The van der Waals surface area contributed by atoms with Crippen molar-refractivity contribution in [3.63, 3.8) is 0 Å². The smallest absolute Gasteiger partial charge is 0.0451 e. The van der Waals surface area contributed by atoms with Gasteiger partial charge in [-0.05, 0) is 46.6 Å². The van der Waals surface area contributed by atoms with E-state index in [0.29, 0.717) is 0 Å². The fourth-order valence-corrected chi connectivity index (χ4v) is 2.73. The van der Waals surface area contributed by atoms with Gasteiger partial charge in [0, 0.05) is 11.6 Å². The second-order valence-corrected chi connectivity index (χ2v) is 5.27. The lowest BCUT2D eigenvalue weighted by Gasteiger charge is -2.10. The Morgan fingerprint density at radius 3 is 2.60 bits per heavy atom. The van der Waals surface area contributed by atoms with E-state index in [9.17, 15) is 0 Å². The van der Waals surface area contributed by atoms with Crippen LogP contribution >= 0.6 is 11.6 Å². The van der Waals surface area contributed by atoms with Crippen molar-refractivity contribution in [1.82, 2.24) is 5.32 Å². The third kappa shape index (κ3) is 2.43. The maximum atomic E-state index is 6.24. The normalized spacial score (nSPS) is 10.9. The predicted octanol–water partition coefficient (Wildman–Crippen LogP) is 4.88. The van der Waals surface area contributed by atoms with Crippen LogP contribution in [0.4, 0.5) is 0 Å². The van der Waals surface area contributed by atoms with Crippen LogP contribution in [-0.2, 0) is 6.54 Å². The molecule has 3 rings (SSSR count). The average molecular weight is 282 g/mol. The predicted molar refractivity (Wildman–Crippen MR) is 87.2 cm³/mol. The molecule has 0 saturated carbocycles. The Labute approximate surface area is 124 Å². The zero-order valence-corrected chi connectivity index (χ0v) is 12.1. The number of fused-ring (bicyclic) bond motifs is 1. The van der Waals surface area contributed by atoms with Gasteiger partial charge in [-0.15, -0.1) is 0 Å². The topological polar surface area (TPSA) is 12.0 Å². The fourth-order valence-electron chi connectivity index (χ4n) is 2.55. The third-order valence-electron chi connectivity index (χ3n) is 3.51. The number of hydrogen-bond donors (Lipinski definition) is 1. The van der Waals surface area contributed by atoms with Crippen molar-refractivity contribution in [2.45, 2.75) is 6.54 Å². The first-order valence-electron chi connectivity index (χ1n) is 6.71. The Morgan fingerprint density at radius 2 is 1.75 bits per heavy atom. The average Bonchev–Trinajstić information content (AvgIpc) is 2.49. The number of benzene rings is 3. The molecule has 0 aliphatic carbocycles. The van der Waals surface area contributed by atoms with E-state index in [0.717, 1.165) is 17.1 Å². The van der Waals surface area contributed by atoms with Crippen LogP contribution in [0.2, 0.25) is 5.02 Å². The second-order valence-electron chi connectivity index (χ2n) is 4.86. The van der Waals surface area contributed by atoms with Crippen LogP contribution in [0, 0.1) is 0 Å². The van der Waals surface area contributed by atoms with E-state index in [4.69, 9.17) is 11.6 Å². The van der Waals surface area contributed by atoms with E-state index < -0.39 is 0 Å². The van der Waals surface area contributed by atoms with E-state index in [-0.39, 0.29) is 0 Å². The molecule has 0 fully saturated rings. The molecule has 2 heteroatoms. The fraction of sp³-hybridized carbons (Fsp3) is 0.111. The molecule has 0 amide bonds. The zero-order valence-electron chi connectivity index (χ0n) is 11.4. The summed E-state index contributed by atoms with van der Waals surface area (Å²) in [4.78, 5) is 0. The quantitative estimate of drug-likeness (QED) is 0.721. The molecule has 0 unspecified atom stereocenters. The highest BCUT2D eigenvalue weighted by molar-refractivity contribution is 6.31. The van der Waals surface area contributed by atoms with Gasteiger partial charge < -0.3 is 5.32 Å². The lowest BCUT2D eigenvalue weighted by molar-refractivity contribution is 0.818. The van der Waals surface area contributed by atoms with Crippen LogP contribution in [0.5, 0.6) is 0 Å². The molecule has 0 atom stereocenters. The molecule has 0 radical (unpaired) electrons. The van der Waals surface area contributed by atoms with Crippen molar-refractivity contribution < 1.29 is 0 Å². The first-order chi connectivity index (χ1) is 9.79. The molecule has 3 aromatic carbocycles. The summed E-state index contributed by atoms with van der Waals surface area (Å²) in [7, 11) is 1.93. The van der Waals surface area contributed by atoms with Gasteiger partial charge in [0.25, 0.3) is 0 Å². The van der Waals surface area contributed by atoms with Crippen molar-refractivity contribution in [3.05, 3.63) is 71.2 Å². The summed E-state index contributed by atoms with van der Waals surface area (Å²) >= 11 is 6.24. The molecule has 1 N–H and O–H groups in total. The van der Waals surface area contributed by atoms with Gasteiger partial charge in [-0.2, -0.15) is 0 Å². The SMILES string of the molecule is CNCc1cc(-c2cccc3ccccc23)ccc1Cl. The van der Waals surface area contributed by atoms with E-state index in [1.807, 2.05) is 13.1 Å². The van der Waals surface area contributed by atoms with Crippen LogP contribution in [0.15, 0.2) is 60.7 Å². The minimum Gasteiger partial charge on any atom is -0.316 e. The van der Waals surface area contributed by atoms with Gasteiger partial charge in [0.2, 0.25) is 0 Å². The molecule has 3 aromatic rings. The van der Waals surface area contributed by atoms with Crippen LogP contribution in [0.3, 0.4) is 0 Å². The van der Waals surface area contributed by atoms with Crippen molar-refractivity contribution in [2.75, 3.05) is 7.05 Å². The van der Waals surface area contributed by atoms with Crippen LogP contribution in [-0.4, -0.2) is 7.05 Å². The largest absolute Gasteiger partial charge is 0.316 e. The summed E-state index contributed by atoms with van der Waals surface area (Å²) in [6.07, 6.45) is 0. The molecule has 0 aromatic heterocycles. The molecule has 0 spiro atoms. The minimum absolute atomic E-state index is 0.775. The van der Waals surface area contributed by atoms with Gasteiger partial charge in [0.05, 0.1) is 0 Å². The summed E-state index contributed by atoms with van der Waals surface area (Å²) in [5.74, 6) is 0. The highest BCUT2D eigenvalue weighted by Gasteiger charge is 2.06. The highest BCUT2D eigenvalue weighted by Crippen LogP contribution is 2.31. The van der Waals surface area contributed by atoms with Crippen LogP contribution < -0.4 is 5.32 Å². The minimum atomic E-state index is 0.775. The van der Waals surface area contributed by atoms with E-state index in [1.165, 1.54) is 21.9 Å². The maximum absolute atomic E-state index is 6.24. The standard InChI is InChI=1S/C18H16ClN/c1-20-12-15-11-14(9-10-18(15)19)17-8-4-6-13-5-2-3-7-16(13)17/h2-11,20H,12H2,1H3. The van der Waals surface area contributed by atoms with E-state index in [2.05, 4.69) is 59.9 Å². The molecule has 0 saturated heterocycles. The molecule has 100 valence electrons. The van der Waals surface area contributed by atoms with Crippen LogP contribution in [0.25, 0.3) is 21.9 Å². The molecule has 0 bridgehead atoms. The zero-order chi connectivity index (χ0) is 13.9. The summed E-state index contributed by atoms with van der Waals surface area (Å²) in [5.41, 5.74) is 3.58. The van der Waals surface area contributed by atoms with Gasteiger partial charge in [-0.3, -0.25) is 0 Å². The van der Waals surface area contributed by atoms with Gasteiger partial charge in [-0.25, -0.2) is 0 Å². The van der Waals surface area contributed by atoms with Crippen molar-refractivity contribution >= 4 is 22.4 Å². The molecular formula is C18H16ClN. The van der Waals surface area contributed by atoms with Crippen LogP contribution in [0.1, 0.15) is 5.56 Å².